The first-order chi connectivity index (χ1) is 11.6. The van der Waals surface area contributed by atoms with Gasteiger partial charge in [-0.15, -0.1) is 0 Å². The fourth-order valence-corrected chi connectivity index (χ4v) is 2.66. The Morgan fingerprint density at radius 3 is 2.36 bits per heavy atom. The number of hydrogen-bond donors (Lipinski definition) is 2. The molecule has 136 valence electrons. The summed E-state index contributed by atoms with van der Waals surface area (Å²) >= 11 is 0. The van der Waals surface area contributed by atoms with Crippen molar-refractivity contribution in [2.45, 2.75) is 39.4 Å². The van der Waals surface area contributed by atoms with E-state index in [0.717, 1.165) is 0 Å². The second-order valence-corrected chi connectivity index (χ2v) is 6.66. The van der Waals surface area contributed by atoms with Gasteiger partial charge in [-0.1, -0.05) is 6.07 Å². The highest BCUT2D eigenvalue weighted by Crippen LogP contribution is 2.40. The number of carbonyl (C=O) groups is 2. The molecule has 1 amide bonds. The van der Waals surface area contributed by atoms with Gasteiger partial charge < -0.3 is 24.6 Å². The lowest BCUT2D eigenvalue weighted by atomic mass is 9.95. The maximum Gasteiger partial charge on any atom is 0.339 e. The van der Waals surface area contributed by atoms with Crippen molar-refractivity contribution in [3.63, 3.8) is 0 Å². The van der Waals surface area contributed by atoms with E-state index in [9.17, 15) is 14.7 Å². The molecule has 1 aliphatic heterocycles. The molecule has 1 aromatic carbocycles. The summed E-state index contributed by atoms with van der Waals surface area (Å²) < 4.78 is 15.9. The number of hydrogen-bond acceptors (Lipinski definition) is 6. The number of methoxy groups -OCH3 is 2. The Balaban J connectivity index is 2.61. The minimum Gasteiger partial charge on any atom is -0.493 e. The third kappa shape index (κ3) is 3.61. The molecule has 1 aliphatic rings. The number of rotatable bonds is 3. The van der Waals surface area contributed by atoms with E-state index in [0.29, 0.717) is 5.75 Å². The van der Waals surface area contributed by atoms with E-state index in [1.54, 1.807) is 26.8 Å². The Hall–Kier alpha value is -2.54. The van der Waals surface area contributed by atoms with Crippen LogP contribution in [0.3, 0.4) is 0 Å². The Morgan fingerprint density at radius 1 is 1.20 bits per heavy atom. The van der Waals surface area contributed by atoms with Gasteiger partial charge in [0, 0.05) is 11.3 Å². The Labute approximate surface area is 146 Å². The van der Waals surface area contributed by atoms with E-state index in [1.165, 1.54) is 27.2 Å². The quantitative estimate of drug-likeness (QED) is 0.812. The van der Waals surface area contributed by atoms with Crippen LogP contribution in [-0.2, 0) is 9.53 Å². The molecule has 1 heterocycles. The Bertz CT molecular complexity index is 745. The predicted octanol–water partition coefficient (Wildman–Crippen LogP) is 2.10. The van der Waals surface area contributed by atoms with Gasteiger partial charge in [0.05, 0.1) is 25.4 Å². The molecule has 1 atom stereocenters. The third-order valence-electron chi connectivity index (χ3n) is 3.70. The van der Waals surface area contributed by atoms with Crippen LogP contribution in [0.15, 0.2) is 23.4 Å². The highest BCUT2D eigenvalue weighted by atomic mass is 16.6. The number of allylic oxidation sites excluding steroid dienone is 1. The standard InChI is InChI=1S/C18H23NO6/c1-9-12(17(22)25-18(2,3)4)14(20)10-7-8-11(23-5)15(24-6)13(10)16(21)19-9/h7-8,14,20H,1-6H3,(H,19,21)/t14-/m0/s1. The van der Waals surface area contributed by atoms with Crippen LogP contribution in [0.25, 0.3) is 0 Å². The minimum absolute atomic E-state index is 0.0192. The van der Waals surface area contributed by atoms with Crippen LogP contribution in [0.1, 0.15) is 49.7 Å². The summed E-state index contributed by atoms with van der Waals surface area (Å²) in [6.45, 7) is 6.72. The average Bonchev–Trinajstić information content (AvgIpc) is 2.59. The van der Waals surface area contributed by atoms with E-state index >= 15 is 0 Å². The van der Waals surface area contributed by atoms with Gasteiger partial charge in [0.1, 0.15) is 11.7 Å². The molecule has 0 aliphatic carbocycles. The van der Waals surface area contributed by atoms with E-state index in [4.69, 9.17) is 14.2 Å². The normalized spacial score (nSPS) is 17.4. The molecule has 0 unspecified atom stereocenters. The van der Waals surface area contributed by atoms with Crippen molar-refractivity contribution in [1.82, 2.24) is 5.32 Å². The van der Waals surface area contributed by atoms with Crippen molar-refractivity contribution >= 4 is 11.9 Å². The van der Waals surface area contributed by atoms with E-state index < -0.39 is 23.6 Å². The molecule has 25 heavy (non-hydrogen) atoms. The van der Waals surface area contributed by atoms with Gasteiger partial charge in [-0.3, -0.25) is 4.79 Å². The zero-order valence-corrected chi connectivity index (χ0v) is 15.2. The van der Waals surface area contributed by atoms with Gasteiger partial charge in [-0.25, -0.2) is 4.79 Å². The summed E-state index contributed by atoms with van der Waals surface area (Å²) in [5, 5.41) is 13.4. The second-order valence-electron chi connectivity index (χ2n) is 6.66. The maximum atomic E-state index is 12.6. The molecular weight excluding hydrogens is 326 g/mol. The molecule has 0 bridgehead atoms. The lowest BCUT2D eigenvalue weighted by molar-refractivity contribution is -0.151. The lowest BCUT2D eigenvalue weighted by Crippen LogP contribution is -2.28. The van der Waals surface area contributed by atoms with Crippen LogP contribution >= 0.6 is 0 Å². The molecule has 0 fully saturated rings. The summed E-state index contributed by atoms with van der Waals surface area (Å²) in [5.74, 6) is -0.655. The average molecular weight is 349 g/mol. The van der Waals surface area contributed by atoms with Crippen LogP contribution in [-0.4, -0.2) is 36.8 Å². The molecule has 7 heteroatoms. The number of aliphatic hydroxyl groups excluding tert-OH is 1. The summed E-state index contributed by atoms with van der Waals surface area (Å²) in [5.41, 5.74) is -0.167. The number of esters is 1. The van der Waals surface area contributed by atoms with E-state index in [1.807, 2.05) is 0 Å². The van der Waals surface area contributed by atoms with Gasteiger partial charge >= 0.3 is 5.97 Å². The topological polar surface area (TPSA) is 94.1 Å². The van der Waals surface area contributed by atoms with Crippen LogP contribution in [0.5, 0.6) is 11.5 Å². The van der Waals surface area contributed by atoms with Crippen molar-refractivity contribution in [2.24, 2.45) is 0 Å². The van der Waals surface area contributed by atoms with Crippen molar-refractivity contribution in [3.05, 3.63) is 34.5 Å². The molecule has 0 radical (unpaired) electrons. The maximum absolute atomic E-state index is 12.6. The number of nitrogens with one attached hydrogen (secondary N) is 1. The smallest absolute Gasteiger partial charge is 0.339 e. The number of carbonyl (C=O) groups excluding carboxylic acids is 2. The second kappa shape index (κ2) is 6.76. The number of fused-ring (bicyclic) bond motifs is 1. The van der Waals surface area contributed by atoms with Gasteiger partial charge in [-0.05, 0) is 33.8 Å². The predicted molar refractivity (Wildman–Crippen MR) is 90.5 cm³/mol. The molecule has 7 nitrogen and oxygen atoms in total. The first-order valence-corrected chi connectivity index (χ1v) is 7.79. The third-order valence-corrected chi connectivity index (χ3v) is 3.70. The monoisotopic (exact) mass is 349 g/mol. The molecule has 0 aromatic heterocycles. The van der Waals surface area contributed by atoms with E-state index in [2.05, 4.69) is 5.32 Å². The van der Waals surface area contributed by atoms with Gasteiger partial charge in [0.2, 0.25) is 0 Å². The SMILES string of the molecule is COc1ccc2c(c1OC)C(=O)NC(C)=C(C(=O)OC(C)(C)C)[C@H]2O. The van der Waals surface area contributed by atoms with Gasteiger partial charge in [0.15, 0.2) is 11.5 Å². The highest BCUT2D eigenvalue weighted by molar-refractivity contribution is 6.03. The van der Waals surface area contributed by atoms with Crippen molar-refractivity contribution < 1.29 is 28.9 Å². The Kier molecular flexibility index (Phi) is 5.08. The first-order valence-electron chi connectivity index (χ1n) is 7.79. The zero-order chi connectivity index (χ0) is 18.9. The van der Waals surface area contributed by atoms with Gasteiger partial charge in [0.25, 0.3) is 5.91 Å². The van der Waals surface area contributed by atoms with Crippen molar-refractivity contribution in [2.75, 3.05) is 14.2 Å². The molecular formula is C18H23NO6. The number of aliphatic hydroxyl groups is 1. The number of benzene rings is 1. The summed E-state index contributed by atoms with van der Waals surface area (Å²) in [6.07, 6.45) is -1.34. The van der Waals surface area contributed by atoms with Crippen molar-refractivity contribution in [3.8, 4) is 11.5 Å². The van der Waals surface area contributed by atoms with Gasteiger partial charge in [-0.2, -0.15) is 0 Å². The van der Waals surface area contributed by atoms with Crippen LogP contribution in [0.2, 0.25) is 0 Å². The largest absolute Gasteiger partial charge is 0.493 e. The highest BCUT2D eigenvalue weighted by Gasteiger charge is 2.35. The molecule has 2 N–H and O–H groups in total. The molecule has 0 saturated carbocycles. The zero-order valence-electron chi connectivity index (χ0n) is 15.2. The molecule has 0 spiro atoms. The van der Waals surface area contributed by atoms with Crippen LogP contribution in [0, 0.1) is 0 Å². The number of ether oxygens (including phenoxy) is 3. The molecule has 1 aromatic rings. The first kappa shape index (κ1) is 18.8. The van der Waals surface area contributed by atoms with Crippen LogP contribution in [0.4, 0.5) is 0 Å². The van der Waals surface area contributed by atoms with Crippen molar-refractivity contribution in [1.29, 1.82) is 0 Å². The summed E-state index contributed by atoms with van der Waals surface area (Å²) in [4.78, 5) is 25.2. The molecule has 0 saturated heterocycles. The Morgan fingerprint density at radius 2 is 1.84 bits per heavy atom. The fraction of sp³-hybridized carbons (Fsp3) is 0.444. The minimum atomic E-state index is -1.34. The molecule has 2 rings (SSSR count). The fourth-order valence-electron chi connectivity index (χ4n) is 2.66. The number of amides is 1. The summed E-state index contributed by atoms with van der Waals surface area (Å²) in [7, 11) is 2.85. The van der Waals surface area contributed by atoms with E-state index in [-0.39, 0.29) is 28.1 Å². The van der Waals surface area contributed by atoms with Crippen LogP contribution < -0.4 is 14.8 Å². The summed E-state index contributed by atoms with van der Waals surface area (Å²) in [6, 6.07) is 3.10. The lowest BCUT2D eigenvalue weighted by Gasteiger charge is -2.23.